The molecule has 1 aromatic carbocycles. The molecule has 110 valence electrons. The number of nitrogens with zero attached hydrogens (tertiary/aromatic N) is 1. The summed E-state index contributed by atoms with van der Waals surface area (Å²) in [5.74, 6) is 0.571. The van der Waals surface area contributed by atoms with Crippen molar-refractivity contribution in [2.75, 3.05) is 6.54 Å². The summed E-state index contributed by atoms with van der Waals surface area (Å²) < 4.78 is 27.3. The van der Waals surface area contributed by atoms with Crippen LogP contribution in [0.3, 0.4) is 0 Å². The molecular weight excluding hydrogens is 272 g/mol. The summed E-state index contributed by atoms with van der Waals surface area (Å²) in [5, 5.41) is 0. The fraction of sp³-hybridized carbons (Fsp3) is 0.600. The van der Waals surface area contributed by atoms with Gasteiger partial charge < -0.3 is 5.73 Å². The Morgan fingerprint density at radius 2 is 1.80 bits per heavy atom. The van der Waals surface area contributed by atoms with E-state index in [0.29, 0.717) is 23.9 Å². The van der Waals surface area contributed by atoms with Crippen LogP contribution in [0, 0.1) is 5.92 Å². The van der Waals surface area contributed by atoms with Gasteiger partial charge in [-0.05, 0) is 42.9 Å². The van der Waals surface area contributed by atoms with Gasteiger partial charge in [-0.15, -0.1) is 0 Å². The van der Waals surface area contributed by atoms with E-state index in [1.54, 1.807) is 28.6 Å². The van der Waals surface area contributed by atoms with Crippen LogP contribution in [0.4, 0.5) is 0 Å². The molecule has 2 fully saturated rings. The van der Waals surface area contributed by atoms with Crippen LogP contribution in [0.15, 0.2) is 29.2 Å². The molecule has 0 aromatic heterocycles. The highest BCUT2D eigenvalue weighted by Gasteiger charge is 2.42. The van der Waals surface area contributed by atoms with Crippen molar-refractivity contribution in [3.8, 4) is 0 Å². The molecule has 20 heavy (non-hydrogen) atoms. The third-order valence-corrected chi connectivity index (χ3v) is 6.66. The van der Waals surface area contributed by atoms with Gasteiger partial charge in [-0.3, -0.25) is 0 Å². The standard InChI is InChI=1S/C15H22N2O2S/c16-11-12-5-7-14(8-6-12)20(18,19)17-10-9-13-3-1-2-4-15(13)17/h5-8,13,15H,1-4,9-11,16H2. The van der Waals surface area contributed by atoms with Crippen LogP contribution in [0.2, 0.25) is 0 Å². The van der Waals surface area contributed by atoms with Crippen LogP contribution in [-0.2, 0) is 16.6 Å². The highest BCUT2D eigenvalue weighted by Crippen LogP contribution is 2.39. The maximum Gasteiger partial charge on any atom is 0.243 e. The smallest absolute Gasteiger partial charge is 0.243 e. The molecule has 1 saturated heterocycles. The van der Waals surface area contributed by atoms with E-state index >= 15 is 0 Å². The van der Waals surface area contributed by atoms with Crippen LogP contribution < -0.4 is 5.73 Å². The average molecular weight is 294 g/mol. The molecule has 2 atom stereocenters. The number of benzene rings is 1. The number of rotatable bonds is 3. The first-order valence-corrected chi connectivity index (χ1v) is 8.88. The van der Waals surface area contributed by atoms with Gasteiger partial charge in [0.15, 0.2) is 0 Å². The predicted octanol–water partition coefficient (Wildman–Crippen LogP) is 2.10. The average Bonchev–Trinajstić information content (AvgIpc) is 2.92. The number of nitrogens with two attached hydrogens (primary N) is 1. The number of sulfonamides is 1. The summed E-state index contributed by atoms with van der Waals surface area (Å²) in [7, 11) is -3.34. The molecule has 4 nitrogen and oxygen atoms in total. The second-order valence-corrected chi connectivity index (χ2v) is 7.75. The normalized spacial score (nSPS) is 27.4. The minimum absolute atomic E-state index is 0.225. The zero-order chi connectivity index (χ0) is 14.2. The quantitative estimate of drug-likeness (QED) is 0.928. The zero-order valence-electron chi connectivity index (χ0n) is 11.7. The number of hydrogen-bond acceptors (Lipinski definition) is 3. The molecule has 1 aromatic rings. The van der Waals surface area contributed by atoms with E-state index in [9.17, 15) is 8.42 Å². The van der Waals surface area contributed by atoms with Crippen molar-refractivity contribution in [2.24, 2.45) is 11.7 Å². The molecule has 1 heterocycles. The molecule has 0 radical (unpaired) electrons. The van der Waals surface area contributed by atoms with Crippen LogP contribution in [-0.4, -0.2) is 25.3 Å². The molecular formula is C15H22N2O2S. The van der Waals surface area contributed by atoms with Crippen molar-refractivity contribution in [3.63, 3.8) is 0 Å². The first-order valence-electron chi connectivity index (χ1n) is 7.44. The minimum Gasteiger partial charge on any atom is -0.326 e. The molecule has 2 N–H and O–H groups in total. The minimum atomic E-state index is -3.34. The fourth-order valence-electron chi connectivity index (χ4n) is 3.59. The Morgan fingerprint density at radius 1 is 1.10 bits per heavy atom. The second kappa shape index (κ2) is 5.47. The van der Waals surface area contributed by atoms with Crippen molar-refractivity contribution in [1.29, 1.82) is 0 Å². The third kappa shape index (κ3) is 2.38. The second-order valence-electron chi connectivity index (χ2n) is 5.86. The van der Waals surface area contributed by atoms with E-state index < -0.39 is 10.0 Å². The molecule has 1 aliphatic carbocycles. The fourth-order valence-corrected chi connectivity index (χ4v) is 5.32. The maximum atomic E-state index is 12.8. The van der Waals surface area contributed by atoms with E-state index in [2.05, 4.69) is 0 Å². The lowest BCUT2D eigenvalue weighted by Gasteiger charge is -2.31. The lowest BCUT2D eigenvalue weighted by atomic mass is 9.86. The Kier molecular flexibility index (Phi) is 3.84. The van der Waals surface area contributed by atoms with Crippen molar-refractivity contribution in [1.82, 2.24) is 4.31 Å². The molecule has 2 unspecified atom stereocenters. The SMILES string of the molecule is NCc1ccc(S(=O)(=O)N2CCC3CCCCC32)cc1. The van der Waals surface area contributed by atoms with Gasteiger partial charge in [-0.1, -0.05) is 25.0 Å². The van der Waals surface area contributed by atoms with Crippen molar-refractivity contribution in [3.05, 3.63) is 29.8 Å². The Morgan fingerprint density at radius 3 is 2.50 bits per heavy atom. The van der Waals surface area contributed by atoms with Crippen molar-refractivity contribution < 1.29 is 8.42 Å². The maximum absolute atomic E-state index is 12.8. The Balaban J connectivity index is 1.87. The lowest BCUT2D eigenvalue weighted by molar-refractivity contribution is 0.260. The zero-order valence-corrected chi connectivity index (χ0v) is 12.5. The van der Waals surface area contributed by atoms with Gasteiger partial charge in [0.05, 0.1) is 4.90 Å². The summed E-state index contributed by atoms with van der Waals surface area (Å²) in [6, 6.07) is 7.21. The van der Waals surface area contributed by atoms with Crippen LogP contribution in [0.5, 0.6) is 0 Å². The third-order valence-electron chi connectivity index (χ3n) is 4.72. The van der Waals surface area contributed by atoms with Crippen LogP contribution >= 0.6 is 0 Å². The van der Waals surface area contributed by atoms with Gasteiger partial charge in [0, 0.05) is 19.1 Å². The first-order chi connectivity index (χ1) is 9.63. The molecule has 1 saturated carbocycles. The monoisotopic (exact) mass is 294 g/mol. The van der Waals surface area contributed by atoms with E-state index in [-0.39, 0.29) is 6.04 Å². The molecule has 3 rings (SSSR count). The highest BCUT2D eigenvalue weighted by molar-refractivity contribution is 7.89. The van der Waals surface area contributed by atoms with E-state index in [4.69, 9.17) is 5.73 Å². The predicted molar refractivity (Wildman–Crippen MR) is 78.6 cm³/mol. The summed E-state index contributed by atoms with van der Waals surface area (Å²) in [4.78, 5) is 0.404. The summed E-state index contributed by atoms with van der Waals surface area (Å²) in [6.07, 6.45) is 5.62. The van der Waals surface area contributed by atoms with Crippen LogP contribution in [0.25, 0.3) is 0 Å². The van der Waals surface area contributed by atoms with Crippen molar-refractivity contribution in [2.45, 2.75) is 49.6 Å². The van der Waals surface area contributed by atoms with E-state index in [0.717, 1.165) is 24.8 Å². The number of hydrogen-bond donors (Lipinski definition) is 1. The Hall–Kier alpha value is -0.910. The van der Waals surface area contributed by atoms with E-state index in [1.165, 1.54) is 12.8 Å². The summed E-state index contributed by atoms with van der Waals surface area (Å²) in [6.45, 7) is 1.12. The largest absolute Gasteiger partial charge is 0.326 e. The molecule has 0 amide bonds. The molecule has 2 aliphatic rings. The molecule has 5 heteroatoms. The number of fused-ring (bicyclic) bond motifs is 1. The van der Waals surface area contributed by atoms with Gasteiger partial charge >= 0.3 is 0 Å². The highest BCUT2D eigenvalue weighted by atomic mass is 32.2. The molecule has 0 spiro atoms. The Labute approximate surface area is 121 Å². The topological polar surface area (TPSA) is 63.4 Å². The first kappa shape index (κ1) is 14.0. The summed E-state index contributed by atoms with van der Waals surface area (Å²) in [5.41, 5.74) is 6.52. The van der Waals surface area contributed by atoms with E-state index in [1.807, 2.05) is 0 Å². The van der Waals surface area contributed by atoms with Crippen molar-refractivity contribution >= 4 is 10.0 Å². The Bertz CT molecular complexity index is 568. The van der Waals surface area contributed by atoms with Gasteiger partial charge in [0.2, 0.25) is 10.0 Å². The van der Waals surface area contributed by atoms with Gasteiger partial charge in [0.25, 0.3) is 0 Å². The van der Waals surface area contributed by atoms with Gasteiger partial charge in [-0.25, -0.2) is 8.42 Å². The van der Waals surface area contributed by atoms with Gasteiger partial charge in [-0.2, -0.15) is 4.31 Å². The van der Waals surface area contributed by atoms with Gasteiger partial charge in [0.1, 0.15) is 0 Å². The summed E-state index contributed by atoms with van der Waals surface area (Å²) >= 11 is 0. The lowest BCUT2D eigenvalue weighted by Crippen LogP contribution is -2.39. The molecule has 0 bridgehead atoms. The van der Waals surface area contributed by atoms with Crippen LogP contribution in [0.1, 0.15) is 37.7 Å². The molecule has 1 aliphatic heterocycles.